The molecule has 0 aliphatic carbocycles. The highest BCUT2D eigenvalue weighted by molar-refractivity contribution is 7.10. The second kappa shape index (κ2) is 8.30. The molecule has 3 N–H and O–H groups in total. The Bertz CT molecular complexity index is 699. The van der Waals surface area contributed by atoms with Crippen LogP contribution in [-0.2, 0) is 16.0 Å². The average molecular weight is 351 g/mol. The Morgan fingerprint density at radius 1 is 1.30 bits per heavy atom. The van der Waals surface area contributed by atoms with Crippen LogP contribution in [-0.4, -0.2) is 16.8 Å². The standard InChI is InChI=1S/C15H15ClN4O2S/c1-10(19-20-15(22)8-12-3-2-6-23-12)7-14(21)18-13-5-4-11(16)9-17-13/h2-7,9,19H,8H2,1H3,(H,20,22)(H,17,18,21)/b10-7-. The van der Waals surface area contributed by atoms with Gasteiger partial charge in [0.15, 0.2) is 0 Å². The highest BCUT2D eigenvalue weighted by Gasteiger charge is 2.04. The second-order valence-corrected chi connectivity index (χ2v) is 6.08. The summed E-state index contributed by atoms with van der Waals surface area (Å²) >= 11 is 7.23. The van der Waals surface area contributed by atoms with E-state index < -0.39 is 0 Å². The fraction of sp³-hybridized carbons (Fsp3) is 0.133. The molecule has 6 nitrogen and oxygen atoms in total. The van der Waals surface area contributed by atoms with Crippen molar-refractivity contribution in [2.24, 2.45) is 0 Å². The molecule has 23 heavy (non-hydrogen) atoms. The van der Waals surface area contributed by atoms with Crippen LogP contribution in [0.2, 0.25) is 5.02 Å². The number of carbonyl (C=O) groups excluding carboxylic acids is 2. The van der Waals surface area contributed by atoms with Gasteiger partial charge in [0.05, 0.1) is 11.4 Å². The molecule has 0 saturated heterocycles. The van der Waals surface area contributed by atoms with E-state index in [1.165, 1.54) is 23.6 Å². The van der Waals surface area contributed by atoms with Crippen LogP contribution in [0, 0.1) is 0 Å². The van der Waals surface area contributed by atoms with Crippen molar-refractivity contribution in [3.05, 3.63) is 57.5 Å². The second-order valence-electron chi connectivity index (χ2n) is 4.61. The SMILES string of the molecule is C/C(=C/C(=O)Nc1ccc(Cl)cn1)NNC(=O)Cc1cccs1. The lowest BCUT2D eigenvalue weighted by molar-refractivity contribution is -0.121. The zero-order valence-corrected chi connectivity index (χ0v) is 13.9. The first-order valence-corrected chi connectivity index (χ1v) is 7.97. The summed E-state index contributed by atoms with van der Waals surface area (Å²) in [7, 11) is 0. The van der Waals surface area contributed by atoms with Gasteiger partial charge in [-0.25, -0.2) is 4.98 Å². The number of carbonyl (C=O) groups is 2. The van der Waals surface area contributed by atoms with Crippen LogP contribution in [0.4, 0.5) is 5.82 Å². The zero-order chi connectivity index (χ0) is 16.7. The first-order valence-electron chi connectivity index (χ1n) is 6.71. The first-order chi connectivity index (χ1) is 11.0. The molecule has 0 atom stereocenters. The quantitative estimate of drug-likeness (QED) is 0.552. The number of amides is 2. The first kappa shape index (κ1) is 17.0. The molecular formula is C15H15ClN4O2S. The van der Waals surface area contributed by atoms with E-state index in [1.54, 1.807) is 19.1 Å². The Balaban J connectivity index is 1.78. The van der Waals surface area contributed by atoms with E-state index in [1.807, 2.05) is 17.5 Å². The van der Waals surface area contributed by atoms with E-state index in [9.17, 15) is 9.59 Å². The Morgan fingerprint density at radius 2 is 2.13 bits per heavy atom. The number of nitrogens with one attached hydrogen (secondary N) is 3. The molecule has 0 saturated carbocycles. The maximum atomic E-state index is 11.8. The van der Waals surface area contributed by atoms with Crippen LogP contribution in [0.5, 0.6) is 0 Å². The number of hydrogen-bond acceptors (Lipinski definition) is 5. The van der Waals surface area contributed by atoms with Gasteiger partial charge in [-0.1, -0.05) is 17.7 Å². The van der Waals surface area contributed by atoms with E-state index in [-0.39, 0.29) is 11.8 Å². The molecule has 0 unspecified atom stereocenters. The third-order valence-electron chi connectivity index (χ3n) is 2.64. The minimum Gasteiger partial charge on any atom is -0.307 e. The molecule has 0 aliphatic heterocycles. The van der Waals surface area contributed by atoms with Gasteiger partial charge >= 0.3 is 0 Å². The highest BCUT2D eigenvalue weighted by Crippen LogP contribution is 2.10. The van der Waals surface area contributed by atoms with Gasteiger partial charge in [0.2, 0.25) is 5.91 Å². The summed E-state index contributed by atoms with van der Waals surface area (Å²) < 4.78 is 0. The molecule has 2 rings (SSSR count). The number of halogens is 1. The van der Waals surface area contributed by atoms with Gasteiger partial charge in [0.1, 0.15) is 5.82 Å². The summed E-state index contributed by atoms with van der Waals surface area (Å²) in [6.45, 7) is 1.67. The van der Waals surface area contributed by atoms with Crippen molar-refractivity contribution >= 4 is 40.6 Å². The van der Waals surface area contributed by atoms with Gasteiger partial charge in [-0.05, 0) is 30.5 Å². The third-order valence-corrected chi connectivity index (χ3v) is 3.74. The lowest BCUT2D eigenvalue weighted by atomic mass is 10.3. The van der Waals surface area contributed by atoms with Crippen LogP contribution in [0.25, 0.3) is 0 Å². The molecule has 2 aromatic rings. The fourth-order valence-corrected chi connectivity index (χ4v) is 2.44. The Kier molecular flexibility index (Phi) is 6.13. The molecule has 0 aliphatic rings. The molecule has 0 spiro atoms. The van der Waals surface area contributed by atoms with E-state index in [0.717, 1.165) is 4.88 Å². The molecule has 0 aromatic carbocycles. The van der Waals surface area contributed by atoms with Gasteiger partial charge in [-0.3, -0.25) is 15.0 Å². The largest absolute Gasteiger partial charge is 0.307 e. The highest BCUT2D eigenvalue weighted by atomic mass is 35.5. The average Bonchev–Trinajstić information content (AvgIpc) is 3.00. The number of nitrogens with zero attached hydrogens (tertiary/aromatic N) is 1. The zero-order valence-electron chi connectivity index (χ0n) is 12.3. The van der Waals surface area contributed by atoms with E-state index in [2.05, 4.69) is 21.2 Å². The summed E-state index contributed by atoms with van der Waals surface area (Å²) in [5.41, 5.74) is 5.71. The molecule has 0 bridgehead atoms. The molecule has 0 radical (unpaired) electrons. The summed E-state index contributed by atoms with van der Waals surface area (Å²) in [5.74, 6) is -0.150. The third kappa shape index (κ3) is 6.09. The minimum absolute atomic E-state index is 0.181. The predicted octanol–water partition coefficient (Wildman–Crippen LogP) is 2.50. The van der Waals surface area contributed by atoms with Crippen molar-refractivity contribution in [2.75, 3.05) is 5.32 Å². The van der Waals surface area contributed by atoms with Gasteiger partial charge < -0.3 is 10.7 Å². The summed E-state index contributed by atoms with van der Waals surface area (Å²) in [5, 5.41) is 4.99. The van der Waals surface area contributed by atoms with Crippen LogP contribution >= 0.6 is 22.9 Å². The van der Waals surface area contributed by atoms with Gasteiger partial charge in [-0.2, -0.15) is 0 Å². The molecule has 0 fully saturated rings. The number of anilines is 1. The van der Waals surface area contributed by atoms with Crippen LogP contribution in [0.3, 0.4) is 0 Å². The van der Waals surface area contributed by atoms with Gasteiger partial charge in [0.25, 0.3) is 5.91 Å². The minimum atomic E-state index is -0.364. The van der Waals surface area contributed by atoms with E-state index in [0.29, 0.717) is 23.0 Å². The van der Waals surface area contributed by atoms with Crippen molar-refractivity contribution in [1.82, 2.24) is 15.8 Å². The molecule has 120 valence electrons. The lowest BCUT2D eigenvalue weighted by Gasteiger charge is -2.08. The predicted molar refractivity (Wildman–Crippen MR) is 90.9 cm³/mol. The van der Waals surface area contributed by atoms with Crippen LogP contribution in [0.1, 0.15) is 11.8 Å². The van der Waals surface area contributed by atoms with Crippen LogP contribution < -0.4 is 16.2 Å². The van der Waals surface area contributed by atoms with Gasteiger partial charge in [-0.15, -0.1) is 11.3 Å². The maximum absolute atomic E-state index is 11.8. The number of aromatic nitrogens is 1. The van der Waals surface area contributed by atoms with E-state index >= 15 is 0 Å². The Hall–Kier alpha value is -2.38. The molecule has 2 amide bonds. The number of pyridine rings is 1. The van der Waals surface area contributed by atoms with Crippen molar-refractivity contribution in [2.45, 2.75) is 13.3 Å². The van der Waals surface area contributed by atoms with Gasteiger partial charge in [0, 0.05) is 22.8 Å². The summed E-state index contributed by atoms with van der Waals surface area (Å²) in [4.78, 5) is 28.4. The van der Waals surface area contributed by atoms with Crippen LogP contribution in [0.15, 0.2) is 47.6 Å². The molecule has 2 aromatic heterocycles. The topological polar surface area (TPSA) is 83.1 Å². The fourth-order valence-electron chi connectivity index (χ4n) is 1.63. The molecule has 2 heterocycles. The smallest absolute Gasteiger partial charge is 0.251 e. The normalized spacial score (nSPS) is 11.0. The van der Waals surface area contributed by atoms with Crippen molar-refractivity contribution < 1.29 is 9.59 Å². The number of allylic oxidation sites excluding steroid dienone is 1. The molecular weight excluding hydrogens is 336 g/mol. The van der Waals surface area contributed by atoms with Crippen molar-refractivity contribution in [3.63, 3.8) is 0 Å². The Morgan fingerprint density at radius 3 is 2.78 bits per heavy atom. The monoisotopic (exact) mass is 350 g/mol. The van der Waals surface area contributed by atoms with Crippen molar-refractivity contribution in [1.29, 1.82) is 0 Å². The Labute approximate surface area is 142 Å². The maximum Gasteiger partial charge on any atom is 0.251 e. The summed E-state index contributed by atoms with van der Waals surface area (Å²) in [6, 6.07) is 7.00. The lowest BCUT2D eigenvalue weighted by Crippen LogP contribution is -2.37. The number of rotatable bonds is 6. The number of hydrogen-bond donors (Lipinski definition) is 3. The summed E-state index contributed by atoms with van der Waals surface area (Å²) in [6.07, 6.45) is 3.05. The number of thiophene rings is 1. The molecule has 8 heteroatoms. The van der Waals surface area contributed by atoms with Crippen molar-refractivity contribution in [3.8, 4) is 0 Å². The number of hydrazine groups is 1. The van der Waals surface area contributed by atoms with E-state index in [4.69, 9.17) is 11.6 Å².